The molecule has 3 heteroatoms. The largest absolute Gasteiger partial charge is 0.380 e. The first-order valence-electron chi connectivity index (χ1n) is 6.05. The van der Waals surface area contributed by atoms with Crippen molar-refractivity contribution in [3.63, 3.8) is 0 Å². The molecule has 0 bridgehead atoms. The molecule has 18 heavy (non-hydrogen) atoms. The molecule has 3 rings (SSSR count). The Bertz CT molecular complexity index is 656. The van der Waals surface area contributed by atoms with Crippen molar-refractivity contribution in [3.8, 4) is 0 Å². The van der Waals surface area contributed by atoms with Crippen LogP contribution in [0, 0.1) is 6.92 Å². The highest BCUT2D eigenvalue weighted by atomic mass is 14.9. The van der Waals surface area contributed by atoms with Crippen LogP contribution >= 0.6 is 0 Å². The van der Waals surface area contributed by atoms with Crippen molar-refractivity contribution in [2.75, 3.05) is 5.32 Å². The number of fused-ring (bicyclic) bond motifs is 1. The van der Waals surface area contributed by atoms with Gasteiger partial charge in [0.15, 0.2) is 0 Å². The van der Waals surface area contributed by atoms with Gasteiger partial charge in [-0.2, -0.15) is 0 Å². The van der Waals surface area contributed by atoms with E-state index in [1.165, 1.54) is 5.56 Å². The van der Waals surface area contributed by atoms with Gasteiger partial charge in [-0.05, 0) is 24.6 Å². The fourth-order valence-electron chi connectivity index (χ4n) is 2.11. The number of hydrogen-bond acceptors (Lipinski definition) is 2. The summed E-state index contributed by atoms with van der Waals surface area (Å²) in [6.07, 6.45) is 1.92. The Morgan fingerprint density at radius 1 is 1.17 bits per heavy atom. The van der Waals surface area contributed by atoms with Crippen LogP contribution in [0.1, 0.15) is 11.3 Å². The van der Waals surface area contributed by atoms with Crippen LogP contribution < -0.4 is 5.32 Å². The molecule has 0 aliphatic heterocycles. The van der Waals surface area contributed by atoms with Gasteiger partial charge < -0.3 is 10.3 Å². The zero-order chi connectivity index (χ0) is 12.4. The number of rotatable bonds is 3. The summed E-state index contributed by atoms with van der Waals surface area (Å²) in [6.45, 7) is 2.83. The van der Waals surface area contributed by atoms with Crippen molar-refractivity contribution in [1.82, 2.24) is 9.97 Å². The summed E-state index contributed by atoms with van der Waals surface area (Å²) in [4.78, 5) is 7.60. The maximum atomic E-state index is 4.46. The Kier molecular flexibility index (Phi) is 2.73. The lowest BCUT2D eigenvalue weighted by atomic mass is 10.2. The third-order valence-corrected chi connectivity index (χ3v) is 2.98. The first kappa shape index (κ1) is 10.8. The van der Waals surface area contributed by atoms with Crippen LogP contribution in [0.2, 0.25) is 0 Å². The number of aryl methyl sites for hydroxylation is 1. The molecule has 0 radical (unpaired) electrons. The second-order valence-corrected chi connectivity index (χ2v) is 4.39. The van der Waals surface area contributed by atoms with Crippen molar-refractivity contribution in [1.29, 1.82) is 0 Å². The van der Waals surface area contributed by atoms with E-state index in [0.29, 0.717) is 0 Å². The number of nitrogens with one attached hydrogen (secondary N) is 2. The molecule has 3 aromatic rings. The van der Waals surface area contributed by atoms with E-state index in [1.807, 2.05) is 19.2 Å². The smallest absolute Gasteiger partial charge is 0.139 e. The number of pyridine rings is 1. The second kappa shape index (κ2) is 4.53. The lowest BCUT2D eigenvalue weighted by Crippen LogP contribution is -2.00. The molecule has 0 aliphatic carbocycles. The number of aromatic amines is 1. The lowest BCUT2D eigenvalue weighted by Gasteiger charge is -2.08. The van der Waals surface area contributed by atoms with Gasteiger partial charge in [0.05, 0.1) is 0 Å². The minimum absolute atomic E-state index is 0.824. The molecule has 0 aliphatic rings. The summed E-state index contributed by atoms with van der Waals surface area (Å²) in [5.41, 5.74) is 4.35. The second-order valence-electron chi connectivity index (χ2n) is 4.39. The van der Waals surface area contributed by atoms with Gasteiger partial charge in [-0.3, -0.25) is 0 Å². The Balaban J connectivity index is 1.88. The van der Waals surface area contributed by atoms with E-state index in [4.69, 9.17) is 0 Å². The van der Waals surface area contributed by atoms with Crippen LogP contribution in [0.5, 0.6) is 0 Å². The average Bonchev–Trinajstić information content (AvgIpc) is 2.85. The molecule has 0 unspecified atom stereocenters. The number of H-pyrrole nitrogens is 1. The summed E-state index contributed by atoms with van der Waals surface area (Å²) < 4.78 is 0. The Hall–Kier alpha value is -2.29. The normalized spacial score (nSPS) is 10.7. The fourth-order valence-corrected chi connectivity index (χ4v) is 2.11. The third-order valence-electron chi connectivity index (χ3n) is 2.98. The predicted octanol–water partition coefficient (Wildman–Crippen LogP) is 3.48. The van der Waals surface area contributed by atoms with E-state index in [0.717, 1.165) is 29.0 Å². The number of benzene rings is 1. The highest BCUT2D eigenvalue weighted by molar-refractivity contribution is 5.89. The molecular formula is C15H15N3. The van der Waals surface area contributed by atoms with E-state index < -0.39 is 0 Å². The predicted molar refractivity (Wildman–Crippen MR) is 74.6 cm³/mol. The van der Waals surface area contributed by atoms with E-state index >= 15 is 0 Å². The average molecular weight is 237 g/mol. The third kappa shape index (κ3) is 2.07. The van der Waals surface area contributed by atoms with Gasteiger partial charge in [0.1, 0.15) is 5.65 Å². The van der Waals surface area contributed by atoms with Crippen LogP contribution in [0.3, 0.4) is 0 Å². The molecule has 0 fully saturated rings. The SMILES string of the molecule is Cc1cc(NCc2ccccc2)c2cc[nH]c2n1. The van der Waals surface area contributed by atoms with Gasteiger partial charge in [0, 0.05) is 29.5 Å². The Morgan fingerprint density at radius 2 is 2.00 bits per heavy atom. The first-order chi connectivity index (χ1) is 8.83. The molecule has 3 nitrogen and oxygen atoms in total. The summed E-state index contributed by atoms with van der Waals surface area (Å²) in [5.74, 6) is 0. The summed E-state index contributed by atoms with van der Waals surface area (Å²) in [5, 5.41) is 4.61. The van der Waals surface area contributed by atoms with Gasteiger partial charge >= 0.3 is 0 Å². The van der Waals surface area contributed by atoms with Gasteiger partial charge in [-0.15, -0.1) is 0 Å². The van der Waals surface area contributed by atoms with Crippen LogP contribution in [0.25, 0.3) is 11.0 Å². The number of aromatic nitrogens is 2. The minimum Gasteiger partial charge on any atom is -0.380 e. The molecule has 2 aromatic heterocycles. The highest BCUT2D eigenvalue weighted by Gasteiger charge is 2.04. The Labute approximate surface area is 106 Å². The topological polar surface area (TPSA) is 40.7 Å². The minimum atomic E-state index is 0.824. The molecule has 0 saturated heterocycles. The fraction of sp³-hybridized carbons (Fsp3) is 0.133. The van der Waals surface area contributed by atoms with Crippen molar-refractivity contribution in [2.24, 2.45) is 0 Å². The van der Waals surface area contributed by atoms with Crippen LogP contribution in [-0.2, 0) is 6.54 Å². The monoisotopic (exact) mass is 237 g/mol. The molecule has 0 spiro atoms. The molecule has 90 valence electrons. The van der Waals surface area contributed by atoms with Gasteiger partial charge in [0.25, 0.3) is 0 Å². The zero-order valence-corrected chi connectivity index (χ0v) is 10.3. The quantitative estimate of drug-likeness (QED) is 0.732. The van der Waals surface area contributed by atoms with Crippen LogP contribution in [-0.4, -0.2) is 9.97 Å². The molecule has 0 saturated carbocycles. The molecule has 0 atom stereocenters. The van der Waals surface area contributed by atoms with E-state index in [-0.39, 0.29) is 0 Å². The van der Waals surface area contributed by atoms with E-state index in [2.05, 4.69) is 51.7 Å². The molecule has 1 aromatic carbocycles. The van der Waals surface area contributed by atoms with Crippen LogP contribution in [0.15, 0.2) is 48.7 Å². The number of anilines is 1. The molecule has 2 N–H and O–H groups in total. The first-order valence-corrected chi connectivity index (χ1v) is 6.05. The summed E-state index contributed by atoms with van der Waals surface area (Å²) >= 11 is 0. The van der Waals surface area contributed by atoms with Gasteiger partial charge in [-0.25, -0.2) is 4.98 Å². The van der Waals surface area contributed by atoms with E-state index in [9.17, 15) is 0 Å². The summed E-state index contributed by atoms with van der Waals surface area (Å²) in [6, 6.07) is 14.5. The van der Waals surface area contributed by atoms with Crippen molar-refractivity contribution >= 4 is 16.7 Å². The lowest BCUT2D eigenvalue weighted by molar-refractivity contribution is 1.14. The zero-order valence-electron chi connectivity index (χ0n) is 10.3. The molecule has 2 heterocycles. The number of hydrogen-bond donors (Lipinski definition) is 2. The van der Waals surface area contributed by atoms with Crippen molar-refractivity contribution in [3.05, 3.63) is 59.9 Å². The van der Waals surface area contributed by atoms with Crippen molar-refractivity contribution in [2.45, 2.75) is 13.5 Å². The highest BCUT2D eigenvalue weighted by Crippen LogP contribution is 2.22. The number of nitrogens with zero attached hydrogens (tertiary/aromatic N) is 1. The van der Waals surface area contributed by atoms with E-state index in [1.54, 1.807) is 0 Å². The maximum Gasteiger partial charge on any atom is 0.139 e. The molecule has 0 amide bonds. The summed E-state index contributed by atoms with van der Waals surface area (Å²) in [7, 11) is 0. The Morgan fingerprint density at radius 3 is 2.83 bits per heavy atom. The van der Waals surface area contributed by atoms with Gasteiger partial charge in [-0.1, -0.05) is 30.3 Å². The standard InChI is InChI=1S/C15H15N3/c1-11-9-14(13-7-8-16-15(13)18-11)17-10-12-5-3-2-4-6-12/h2-9H,10H2,1H3,(H2,16,17,18). The van der Waals surface area contributed by atoms with Crippen molar-refractivity contribution < 1.29 is 0 Å². The molecular weight excluding hydrogens is 222 g/mol. The van der Waals surface area contributed by atoms with Gasteiger partial charge in [0.2, 0.25) is 0 Å². The maximum absolute atomic E-state index is 4.46. The van der Waals surface area contributed by atoms with Crippen LogP contribution in [0.4, 0.5) is 5.69 Å².